The van der Waals surface area contributed by atoms with E-state index in [4.69, 9.17) is 9.47 Å². The minimum Gasteiger partial charge on any atom is -0.444 e. The number of carbonyl (C=O) groups is 2. The Morgan fingerprint density at radius 3 is 2.32 bits per heavy atom. The first kappa shape index (κ1) is 20.8. The average Bonchev–Trinajstić information content (AvgIpc) is 2.63. The second-order valence-corrected chi connectivity index (χ2v) is 9.06. The number of Topliss-reactive ketones (excluding diaryl/α,β-unsaturated/α-hetero) is 1. The predicted molar refractivity (Wildman–Crippen MR) is 108 cm³/mol. The zero-order valence-corrected chi connectivity index (χ0v) is 17.4. The van der Waals surface area contributed by atoms with Crippen molar-refractivity contribution in [2.75, 3.05) is 13.2 Å². The summed E-state index contributed by atoms with van der Waals surface area (Å²) in [7, 11) is 0. The van der Waals surface area contributed by atoms with E-state index in [0.717, 1.165) is 19.3 Å². The molecule has 2 aliphatic rings. The van der Waals surface area contributed by atoms with Gasteiger partial charge in [0.25, 0.3) is 0 Å². The van der Waals surface area contributed by atoms with Crippen molar-refractivity contribution in [1.82, 2.24) is 4.90 Å². The first-order valence-electron chi connectivity index (χ1n) is 10.5. The molecule has 1 aromatic carbocycles. The van der Waals surface area contributed by atoms with Crippen molar-refractivity contribution in [3.63, 3.8) is 0 Å². The molecule has 0 aliphatic carbocycles. The van der Waals surface area contributed by atoms with Crippen LogP contribution in [0.4, 0.5) is 4.79 Å². The molecule has 2 atom stereocenters. The van der Waals surface area contributed by atoms with E-state index in [1.807, 2.05) is 31.7 Å². The number of piperidine rings is 1. The number of nitrogens with zero attached hydrogens (tertiary/aromatic N) is 1. The Morgan fingerprint density at radius 1 is 1.07 bits per heavy atom. The van der Waals surface area contributed by atoms with Gasteiger partial charge in [-0.2, -0.15) is 0 Å². The van der Waals surface area contributed by atoms with Crippen LogP contribution in [0.5, 0.6) is 0 Å². The number of carbonyl (C=O) groups excluding carboxylic acids is 2. The van der Waals surface area contributed by atoms with Crippen LogP contribution in [-0.4, -0.2) is 47.7 Å². The number of ether oxygens (including phenoxy) is 2. The highest BCUT2D eigenvalue weighted by Crippen LogP contribution is 2.34. The van der Waals surface area contributed by atoms with Gasteiger partial charge < -0.3 is 9.47 Å². The number of hydrogen-bond donors (Lipinski definition) is 0. The van der Waals surface area contributed by atoms with Crippen molar-refractivity contribution in [3.8, 4) is 0 Å². The van der Waals surface area contributed by atoms with Gasteiger partial charge in [0, 0.05) is 12.3 Å². The minimum atomic E-state index is -0.516. The van der Waals surface area contributed by atoms with Crippen LogP contribution in [0, 0.1) is 5.92 Å². The Hall–Kier alpha value is -1.88. The van der Waals surface area contributed by atoms with E-state index in [0.29, 0.717) is 38.3 Å². The lowest BCUT2D eigenvalue weighted by atomic mass is 9.81. The molecule has 3 rings (SSSR count). The smallest absolute Gasteiger partial charge is 0.410 e. The number of amides is 1. The summed E-state index contributed by atoms with van der Waals surface area (Å²) in [6.45, 7) is 6.62. The van der Waals surface area contributed by atoms with Gasteiger partial charge in [0.15, 0.2) is 0 Å². The van der Waals surface area contributed by atoms with Crippen molar-refractivity contribution in [2.24, 2.45) is 5.92 Å². The van der Waals surface area contributed by atoms with E-state index in [-0.39, 0.29) is 24.1 Å². The Balaban J connectivity index is 1.49. The molecule has 1 amide bonds. The highest BCUT2D eigenvalue weighted by Gasteiger charge is 2.44. The fourth-order valence-corrected chi connectivity index (χ4v) is 4.27. The first-order valence-corrected chi connectivity index (χ1v) is 10.5. The van der Waals surface area contributed by atoms with Crippen LogP contribution in [0.1, 0.15) is 58.4 Å². The van der Waals surface area contributed by atoms with Gasteiger partial charge in [0.2, 0.25) is 0 Å². The van der Waals surface area contributed by atoms with Crippen LogP contribution < -0.4 is 0 Å². The molecule has 2 fully saturated rings. The summed E-state index contributed by atoms with van der Waals surface area (Å²) < 4.78 is 11.2. The van der Waals surface area contributed by atoms with Crippen molar-refractivity contribution in [1.29, 1.82) is 0 Å². The van der Waals surface area contributed by atoms with Crippen molar-refractivity contribution >= 4 is 11.9 Å². The lowest BCUT2D eigenvalue weighted by Crippen LogP contribution is -2.60. The van der Waals surface area contributed by atoms with E-state index >= 15 is 0 Å². The summed E-state index contributed by atoms with van der Waals surface area (Å²) in [5.74, 6) is 0.378. The van der Waals surface area contributed by atoms with Gasteiger partial charge >= 0.3 is 6.09 Å². The number of rotatable bonds is 6. The molecule has 0 radical (unpaired) electrons. The molecule has 28 heavy (non-hydrogen) atoms. The summed E-state index contributed by atoms with van der Waals surface area (Å²) in [6, 6.07) is 10.3. The first-order chi connectivity index (χ1) is 13.3. The van der Waals surface area contributed by atoms with Crippen LogP contribution in [0.2, 0.25) is 0 Å². The van der Waals surface area contributed by atoms with E-state index in [1.54, 1.807) is 0 Å². The molecule has 2 aliphatic heterocycles. The fourth-order valence-electron chi connectivity index (χ4n) is 4.27. The second kappa shape index (κ2) is 9.08. The molecule has 0 spiro atoms. The summed E-state index contributed by atoms with van der Waals surface area (Å²) in [5, 5.41) is 0. The summed E-state index contributed by atoms with van der Waals surface area (Å²) in [5.41, 5.74) is 0.810. The summed E-state index contributed by atoms with van der Waals surface area (Å²) >= 11 is 0. The maximum absolute atomic E-state index is 12.8. The number of morpholine rings is 1. The van der Waals surface area contributed by atoms with Gasteiger partial charge in [0.05, 0.1) is 25.3 Å². The Labute approximate surface area is 168 Å². The Bertz CT molecular complexity index is 653. The van der Waals surface area contributed by atoms with Gasteiger partial charge in [-0.1, -0.05) is 30.3 Å². The van der Waals surface area contributed by atoms with Crippen LogP contribution in [-0.2, 0) is 20.7 Å². The molecule has 5 heteroatoms. The van der Waals surface area contributed by atoms with Crippen molar-refractivity contribution in [2.45, 2.75) is 77.0 Å². The Kier molecular flexibility index (Phi) is 6.76. The SMILES string of the molecule is CC(C)(C)OC(=O)N1C2COCC1CC(C(=O)CCCCc1ccccc1)C2. The monoisotopic (exact) mass is 387 g/mol. The molecule has 0 aromatic heterocycles. The second-order valence-electron chi connectivity index (χ2n) is 9.06. The molecule has 154 valence electrons. The number of fused-ring (bicyclic) bond motifs is 2. The number of benzene rings is 1. The fraction of sp³-hybridized carbons (Fsp3) is 0.652. The molecule has 2 heterocycles. The summed E-state index contributed by atoms with van der Waals surface area (Å²) in [6.07, 6.45) is 4.70. The molecule has 2 bridgehead atoms. The molecular formula is C23H33NO4. The van der Waals surface area contributed by atoms with Crippen molar-refractivity contribution in [3.05, 3.63) is 35.9 Å². The van der Waals surface area contributed by atoms with Gasteiger partial charge in [-0.25, -0.2) is 4.79 Å². The lowest BCUT2D eigenvalue weighted by Gasteiger charge is -2.47. The maximum atomic E-state index is 12.8. The van der Waals surface area contributed by atoms with Crippen LogP contribution in [0.25, 0.3) is 0 Å². The molecule has 1 aromatic rings. The third-order valence-corrected chi connectivity index (χ3v) is 5.56. The topological polar surface area (TPSA) is 55.8 Å². The molecule has 5 nitrogen and oxygen atoms in total. The third-order valence-electron chi connectivity index (χ3n) is 5.56. The highest BCUT2D eigenvalue weighted by molar-refractivity contribution is 5.81. The summed E-state index contributed by atoms with van der Waals surface area (Å²) in [4.78, 5) is 27.2. The van der Waals surface area contributed by atoms with Crippen LogP contribution in [0.3, 0.4) is 0 Å². The van der Waals surface area contributed by atoms with Crippen LogP contribution in [0.15, 0.2) is 30.3 Å². The maximum Gasteiger partial charge on any atom is 0.410 e. The van der Waals surface area contributed by atoms with E-state index in [1.165, 1.54) is 5.56 Å². The normalized spacial score (nSPS) is 24.7. The Morgan fingerprint density at radius 2 is 1.71 bits per heavy atom. The van der Waals surface area contributed by atoms with Gasteiger partial charge in [-0.15, -0.1) is 0 Å². The van der Waals surface area contributed by atoms with E-state index in [9.17, 15) is 9.59 Å². The van der Waals surface area contributed by atoms with E-state index in [2.05, 4.69) is 24.3 Å². The number of ketones is 1. The molecule has 0 N–H and O–H groups in total. The largest absolute Gasteiger partial charge is 0.444 e. The van der Waals surface area contributed by atoms with Gasteiger partial charge in [-0.05, 0) is 58.4 Å². The zero-order chi connectivity index (χ0) is 20.1. The highest BCUT2D eigenvalue weighted by atomic mass is 16.6. The molecular weight excluding hydrogens is 354 g/mol. The van der Waals surface area contributed by atoms with E-state index < -0.39 is 5.60 Å². The minimum absolute atomic E-state index is 0.0364. The molecule has 0 saturated carbocycles. The number of unbranched alkanes of at least 4 members (excludes halogenated alkanes) is 1. The zero-order valence-electron chi connectivity index (χ0n) is 17.4. The van der Waals surface area contributed by atoms with Gasteiger partial charge in [-0.3, -0.25) is 9.69 Å². The predicted octanol–water partition coefficient (Wildman–Crippen LogP) is 4.38. The number of aryl methyl sites for hydroxylation is 1. The quantitative estimate of drug-likeness (QED) is 0.680. The standard InChI is InChI=1S/C23H33NO4/c1-23(2,3)28-22(26)24-19-13-18(14-20(24)16-27-15-19)21(25)12-8-7-11-17-9-5-4-6-10-17/h4-6,9-10,18-20H,7-8,11-16H2,1-3H3. The average molecular weight is 388 g/mol. The third kappa shape index (κ3) is 5.57. The van der Waals surface area contributed by atoms with Crippen molar-refractivity contribution < 1.29 is 19.1 Å². The number of hydrogen-bond acceptors (Lipinski definition) is 4. The van der Waals surface area contributed by atoms with Gasteiger partial charge in [0.1, 0.15) is 11.4 Å². The van der Waals surface area contributed by atoms with Crippen LogP contribution >= 0.6 is 0 Å². The lowest BCUT2D eigenvalue weighted by molar-refractivity contribution is -0.132. The molecule has 2 saturated heterocycles. The molecule has 2 unspecified atom stereocenters.